The lowest BCUT2D eigenvalue weighted by Crippen LogP contribution is -2.35. The Balaban J connectivity index is 2.70. The Bertz CT molecular complexity index is 338. The van der Waals surface area contributed by atoms with E-state index in [4.69, 9.17) is 11.6 Å². The molecule has 0 aromatic heterocycles. The largest absolute Gasteiger partial charge is 0.310 e. The molecule has 0 spiro atoms. The zero-order valence-electron chi connectivity index (χ0n) is 9.09. The number of ketones is 1. The lowest BCUT2D eigenvalue weighted by Gasteiger charge is -2.14. The van der Waals surface area contributed by atoms with Crippen LogP contribution in [-0.2, 0) is 11.2 Å². The molecule has 82 valence electrons. The van der Waals surface area contributed by atoms with Gasteiger partial charge in [0.2, 0.25) is 0 Å². The highest BCUT2D eigenvalue weighted by Crippen LogP contribution is 2.12. The average molecular weight is 226 g/mol. The van der Waals surface area contributed by atoms with Crippen LogP contribution in [0.3, 0.4) is 0 Å². The Morgan fingerprint density at radius 1 is 1.53 bits per heavy atom. The van der Waals surface area contributed by atoms with Crippen molar-refractivity contribution in [1.29, 1.82) is 0 Å². The number of likely N-dealkylation sites (N-methyl/N-ethyl adjacent to an activating group) is 1. The number of nitrogens with one attached hydrogen (secondary N) is 1. The minimum atomic E-state index is -0.103. The van der Waals surface area contributed by atoms with Crippen molar-refractivity contribution in [2.75, 3.05) is 7.05 Å². The monoisotopic (exact) mass is 225 g/mol. The van der Waals surface area contributed by atoms with Crippen LogP contribution in [0.25, 0.3) is 0 Å². The van der Waals surface area contributed by atoms with Gasteiger partial charge >= 0.3 is 0 Å². The molecule has 1 rings (SSSR count). The molecule has 1 aromatic carbocycles. The Morgan fingerprint density at radius 3 is 2.80 bits per heavy atom. The van der Waals surface area contributed by atoms with Gasteiger partial charge < -0.3 is 5.32 Å². The van der Waals surface area contributed by atoms with Crippen molar-refractivity contribution >= 4 is 17.4 Å². The first-order chi connectivity index (χ1) is 7.17. The second kappa shape index (κ2) is 5.89. The Hall–Kier alpha value is -0.860. The smallest absolute Gasteiger partial charge is 0.149 e. The highest BCUT2D eigenvalue weighted by Gasteiger charge is 2.14. The van der Waals surface area contributed by atoms with Crippen LogP contribution in [0, 0.1) is 0 Å². The van der Waals surface area contributed by atoms with Gasteiger partial charge in [0.25, 0.3) is 0 Å². The Labute approximate surface area is 95.6 Å². The summed E-state index contributed by atoms with van der Waals surface area (Å²) in [6, 6.07) is 7.52. The zero-order chi connectivity index (χ0) is 11.3. The quantitative estimate of drug-likeness (QED) is 0.834. The molecule has 0 bridgehead atoms. The first kappa shape index (κ1) is 12.2. The fraction of sp³-hybridized carbons (Fsp3) is 0.417. The standard InChI is InChI=1S/C12H16ClNO/c1-3-12(15)11(14-2)8-9-5-4-6-10(13)7-9/h4-7,11,14H,3,8H2,1-2H3. The van der Waals surface area contributed by atoms with Gasteiger partial charge in [-0.2, -0.15) is 0 Å². The van der Waals surface area contributed by atoms with Gasteiger partial charge in [-0.15, -0.1) is 0 Å². The normalized spacial score (nSPS) is 12.5. The van der Waals surface area contributed by atoms with Crippen molar-refractivity contribution in [3.63, 3.8) is 0 Å². The minimum Gasteiger partial charge on any atom is -0.310 e. The molecule has 3 heteroatoms. The highest BCUT2D eigenvalue weighted by atomic mass is 35.5. The molecule has 1 aromatic rings. The Morgan fingerprint density at radius 2 is 2.27 bits per heavy atom. The van der Waals surface area contributed by atoms with Gasteiger partial charge in [-0.3, -0.25) is 4.79 Å². The van der Waals surface area contributed by atoms with Crippen LogP contribution in [0.1, 0.15) is 18.9 Å². The minimum absolute atomic E-state index is 0.103. The fourth-order valence-corrected chi connectivity index (χ4v) is 1.74. The van der Waals surface area contributed by atoms with Gasteiger partial charge in [0, 0.05) is 11.4 Å². The maximum absolute atomic E-state index is 11.5. The second-order valence-electron chi connectivity index (χ2n) is 3.50. The number of rotatable bonds is 5. The van der Waals surface area contributed by atoms with Crippen molar-refractivity contribution in [2.24, 2.45) is 0 Å². The maximum Gasteiger partial charge on any atom is 0.149 e. The molecule has 2 nitrogen and oxygen atoms in total. The first-order valence-electron chi connectivity index (χ1n) is 5.11. The van der Waals surface area contributed by atoms with Gasteiger partial charge in [0.05, 0.1) is 6.04 Å². The molecular formula is C12H16ClNO. The average Bonchev–Trinajstić information content (AvgIpc) is 2.25. The van der Waals surface area contributed by atoms with Crippen molar-refractivity contribution in [3.8, 4) is 0 Å². The number of halogens is 1. The maximum atomic E-state index is 11.5. The van der Waals surface area contributed by atoms with Crippen LogP contribution in [-0.4, -0.2) is 18.9 Å². The molecular weight excluding hydrogens is 210 g/mol. The van der Waals surface area contributed by atoms with E-state index in [1.807, 2.05) is 38.2 Å². The van der Waals surface area contributed by atoms with E-state index in [0.717, 1.165) is 5.56 Å². The van der Waals surface area contributed by atoms with Gasteiger partial charge in [-0.05, 0) is 31.2 Å². The molecule has 0 fully saturated rings. The molecule has 0 radical (unpaired) electrons. The predicted molar refractivity (Wildman–Crippen MR) is 63.3 cm³/mol. The van der Waals surface area contributed by atoms with Crippen LogP contribution in [0.4, 0.5) is 0 Å². The molecule has 0 aliphatic carbocycles. The number of carbonyl (C=O) groups excluding carboxylic acids is 1. The summed E-state index contributed by atoms with van der Waals surface area (Å²) in [4.78, 5) is 11.5. The molecule has 0 saturated heterocycles. The van der Waals surface area contributed by atoms with Gasteiger partial charge in [-0.25, -0.2) is 0 Å². The molecule has 0 amide bonds. The van der Waals surface area contributed by atoms with Crippen LogP contribution in [0.5, 0.6) is 0 Å². The lowest BCUT2D eigenvalue weighted by atomic mass is 10.0. The third kappa shape index (κ3) is 3.65. The summed E-state index contributed by atoms with van der Waals surface area (Å²) >= 11 is 5.88. The van der Waals surface area contributed by atoms with Crippen LogP contribution < -0.4 is 5.32 Å². The molecule has 0 saturated carbocycles. The first-order valence-corrected chi connectivity index (χ1v) is 5.49. The third-order valence-corrected chi connectivity index (χ3v) is 2.65. The summed E-state index contributed by atoms with van der Waals surface area (Å²) < 4.78 is 0. The summed E-state index contributed by atoms with van der Waals surface area (Å²) in [6.45, 7) is 1.88. The summed E-state index contributed by atoms with van der Waals surface area (Å²) in [5, 5.41) is 3.74. The highest BCUT2D eigenvalue weighted by molar-refractivity contribution is 6.30. The second-order valence-corrected chi connectivity index (χ2v) is 3.93. The summed E-state index contributed by atoms with van der Waals surface area (Å²) in [5.41, 5.74) is 1.09. The van der Waals surface area contributed by atoms with Gasteiger partial charge in [0.1, 0.15) is 5.78 Å². The SMILES string of the molecule is CCC(=O)C(Cc1cccc(Cl)c1)NC. The zero-order valence-corrected chi connectivity index (χ0v) is 9.84. The summed E-state index contributed by atoms with van der Waals surface area (Å²) in [6.07, 6.45) is 1.26. The molecule has 15 heavy (non-hydrogen) atoms. The van der Waals surface area contributed by atoms with Crippen LogP contribution in [0.15, 0.2) is 24.3 Å². The molecule has 1 atom stereocenters. The van der Waals surface area contributed by atoms with Crippen molar-refractivity contribution in [3.05, 3.63) is 34.9 Å². The number of hydrogen-bond acceptors (Lipinski definition) is 2. The van der Waals surface area contributed by atoms with Crippen molar-refractivity contribution in [2.45, 2.75) is 25.8 Å². The van der Waals surface area contributed by atoms with E-state index in [1.54, 1.807) is 0 Å². The van der Waals surface area contributed by atoms with E-state index in [0.29, 0.717) is 17.9 Å². The third-order valence-electron chi connectivity index (χ3n) is 2.41. The van der Waals surface area contributed by atoms with Gasteiger partial charge in [-0.1, -0.05) is 30.7 Å². The number of hydrogen-bond donors (Lipinski definition) is 1. The van der Waals surface area contributed by atoms with Crippen molar-refractivity contribution < 1.29 is 4.79 Å². The molecule has 0 aliphatic heterocycles. The Kier molecular flexibility index (Phi) is 4.79. The number of benzene rings is 1. The molecule has 0 aliphatic rings. The van der Waals surface area contributed by atoms with E-state index < -0.39 is 0 Å². The summed E-state index contributed by atoms with van der Waals surface area (Å²) in [5.74, 6) is 0.234. The van der Waals surface area contributed by atoms with E-state index in [-0.39, 0.29) is 11.8 Å². The van der Waals surface area contributed by atoms with Crippen molar-refractivity contribution in [1.82, 2.24) is 5.32 Å². The van der Waals surface area contributed by atoms with E-state index in [2.05, 4.69) is 5.32 Å². The topological polar surface area (TPSA) is 29.1 Å². The van der Waals surface area contributed by atoms with E-state index in [9.17, 15) is 4.79 Å². The number of carbonyl (C=O) groups is 1. The van der Waals surface area contributed by atoms with Gasteiger partial charge in [0.15, 0.2) is 0 Å². The van der Waals surface area contributed by atoms with Crippen LogP contribution in [0.2, 0.25) is 5.02 Å². The molecule has 0 heterocycles. The predicted octanol–water partition coefficient (Wildman–Crippen LogP) is 2.45. The molecule has 1 unspecified atom stereocenters. The van der Waals surface area contributed by atoms with E-state index in [1.165, 1.54) is 0 Å². The summed E-state index contributed by atoms with van der Waals surface area (Å²) in [7, 11) is 1.81. The van der Waals surface area contributed by atoms with Crippen LogP contribution >= 0.6 is 11.6 Å². The molecule has 1 N–H and O–H groups in total. The number of Topliss-reactive ketones (excluding diaryl/α,β-unsaturated/α-hetero) is 1. The van der Waals surface area contributed by atoms with E-state index >= 15 is 0 Å². The lowest BCUT2D eigenvalue weighted by molar-refractivity contribution is -0.120. The fourth-order valence-electron chi connectivity index (χ4n) is 1.52.